The topological polar surface area (TPSA) is 49.4 Å². The molecular weight excluding hydrogens is 316 g/mol. The van der Waals surface area contributed by atoms with Crippen LogP contribution in [-0.4, -0.2) is 22.4 Å². The van der Waals surface area contributed by atoms with Gasteiger partial charge < -0.3 is 4.90 Å². The molecular formula is C12H13BrN2O2S. The van der Waals surface area contributed by atoms with Crippen molar-refractivity contribution in [1.82, 2.24) is 10.2 Å². The number of nitrogens with zero attached hydrogens (tertiary/aromatic N) is 1. The number of thiophene rings is 1. The molecule has 0 unspecified atom stereocenters. The third-order valence-corrected chi connectivity index (χ3v) is 5.74. The molecule has 6 heteroatoms. The number of hydrogen-bond acceptors (Lipinski definition) is 3. The van der Waals surface area contributed by atoms with Crippen molar-refractivity contribution in [1.29, 1.82) is 0 Å². The van der Waals surface area contributed by atoms with E-state index in [2.05, 4.69) is 21.2 Å². The predicted octanol–water partition coefficient (Wildman–Crippen LogP) is 2.88. The molecule has 3 amide bonds. The van der Waals surface area contributed by atoms with Crippen LogP contribution in [0.15, 0.2) is 15.9 Å². The van der Waals surface area contributed by atoms with Gasteiger partial charge >= 0.3 is 6.03 Å². The molecule has 0 radical (unpaired) electrons. The Bertz CT molecular complexity index is 508. The first-order valence-corrected chi connectivity index (χ1v) is 7.66. The third kappa shape index (κ3) is 1.70. The predicted molar refractivity (Wildman–Crippen MR) is 72.3 cm³/mol. The summed E-state index contributed by atoms with van der Waals surface area (Å²) < 4.78 is 1.01. The molecule has 3 rings (SSSR count). The van der Waals surface area contributed by atoms with Gasteiger partial charge in [0.15, 0.2) is 0 Å². The lowest BCUT2D eigenvalue weighted by atomic mass is 9.96. The maximum absolute atomic E-state index is 12.1. The summed E-state index contributed by atoms with van der Waals surface area (Å²) in [5, 5.41) is 4.45. The maximum Gasteiger partial charge on any atom is 0.325 e. The number of imide groups is 1. The van der Waals surface area contributed by atoms with Crippen molar-refractivity contribution < 1.29 is 9.59 Å². The van der Waals surface area contributed by atoms with Crippen molar-refractivity contribution >= 4 is 39.2 Å². The molecule has 2 aliphatic rings. The number of carbonyl (C=O) groups excluding carboxylic acids is 2. The van der Waals surface area contributed by atoms with E-state index >= 15 is 0 Å². The van der Waals surface area contributed by atoms with Crippen LogP contribution in [0.2, 0.25) is 0 Å². The van der Waals surface area contributed by atoms with Crippen molar-refractivity contribution in [3.05, 3.63) is 20.8 Å². The third-order valence-electron chi connectivity index (χ3n) is 3.83. The van der Waals surface area contributed by atoms with Gasteiger partial charge in [-0.05, 0) is 40.2 Å². The average Bonchev–Trinajstić information content (AvgIpc) is 2.99. The summed E-state index contributed by atoms with van der Waals surface area (Å²) in [6.45, 7) is 0.510. The summed E-state index contributed by atoms with van der Waals surface area (Å²) in [4.78, 5) is 26.8. The van der Waals surface area contributed by atoms with Crippen LogP contribution in [0.25, 0.3) is 0 Å². The fourth-order valence-electron chi connectivity index (χ4n) is 2.86. The second kappa shape index (κ2) is 4.35. The first-order chi connectivity index (χ1) is 8.63. The van der Waals surface area contributed by atoms with Gasteiger partial charge in [0.1, 0.15) is 5.54 Å². The van der Waals surface area contributed by atoms with E-state index < -0.39 is 5.54 Å². The van der Waals surface area contributed by atoms with E-state index in [4.69, 9.17) is 0 Å². The number of rotatable bonds is 2. The minimum Gasteiger partial charge on any atom is -0.305 e. The molecule has 1 spiro atoms. The van der Waals surface area contributed by atoms with Crippen molar-refractivity contribution in [2.75, 3.05) is 0 Å². The zero-order valence-electron chi connectivity index (χ0n) is 9.74. The van der Waals surface area contributed by atoms with Gasteiger partial charge in [0.05, 0.1) is 6.54 Å². The Hall–Kier alpha value is -0.880. The Morgan fingerprint density at radius 3 is 2.72 bits per heavy atom. The zero-order chi connectivity index (χ0) is 12.8. The first-order valence-electron chi connectivity index (χ1n) is 5.98. The van der Waals surface area contributed by atoms with Gasteiger partial charge in [-0.3, -0.25) is 10.1 Å². The van der Waals surface area contributed by atoms with Crippen molar-refractivity contribution in [3.63, 3.8) is 0 Å². The Kier molecular flexibility index (Phi) is 2.94. The van der Waals surface area contributed by atoms with Crippen molar-refractivity contribution in [2.45, 2.75) is 37.8 Å². The largest absolute Gasteiger partial charge is 0.325 e. The van der Waals surface area contributed by atoms with E-state index in [0.29, 0.717) is 6.54 Å². The molecule has 96 valence electrons. The second-order valence-electron chi connectivity index (χ2n) is 4.78. The molecule has 1 aliphatic heterocycles. The fourth-order valence-corrected chi connectivity index (χ4v) is 4.32. The number of carbonyl (C=O) groups is 2. The molecule has 4 nitrogen and oxygen atoms in total. The van der Waals surface area contributed by atoms with Gasteiger partial charge in [-0.15, -0.1) is 11.3 Å². The van der Waals surface area contributed by atoms with Crippen LogP contribution in [-0.2, 0) is 11.3 Å². The molecule has 18 heavy (non-hydrogen) atoms. The summed E-state index contributed by atoms with van der Waals surface area (Å²) in [6, 6.07) is 1.72. The molecule has 0 bridgehead atoms. The van der Waals surface area contributed by atoms with Crippen LogP contribution in [0.1, 0.15) is 30.6 Å². The highest BCUT2D eigenvalue weighted by atomic mass is 79.9. The Morgan fingerprint density at radius 2 is 2.11 bits per heavy atom. The molecule has 0 atom stereocenters. The zero-order valence-corrected chi connectivity index (χ0v) is 12.1. The standard InChI is InChI=1S/C12H13BrN2O2S/c13-8-3-6-18-9(8)7-15-11(17)14-10(16)12(15)4-1-2-5-12/h3,6H,1-2,4-5,7H2,(H,14,16,17). The van der Waals surface area contributed by atoms with E-state index in [9.17, 15) is 9.59 Å². The number of nitrogens with one attached hydrogen (secondary N) is 1. The highest BCUT2D eigenvalue weighted by Crippen LogP contribution is 2.40. The number of halogens is 1. The van der Waals surface area contributed by atoms with Gasteiger partial charge in [-0.1, -0.05) is 12.8 Å². The van der Waals surface area contributed by atoms with Crippen LogP contribution >= 0.6 is 27.3 Å². The lowest BCUT2D eigenvalue weighted by molar-refractivity contribution is -0.126. The first kappa shape index (κ1) is 12.2. The summed E-state index contributed by atoms with van der Waals surface area (Å²) in [5.41, 5.74) is -0.583. The quantitative estimate of drug-likeness (QED) is 0.848. The molecule has 2 heterocycles. The molecule has 1 saturated heterocycles. The molecule has 1 aliphatic carbocycles. The van der Waals surface area contributed by atoms with Gasteiger partial charge in [-0.2, -0.15) is 0 Å². The molecule has 1 N–H and O–H groups in total. The molecule has 1 saturated carbocycles. The van der Waals surface area contributed by atoms with E-state index in [1.54, 1.807) is 16.2 Å². The molecule has 1 aromatic heterocycles. The Balaban J connectivity index is 1.91. The molecule has 0 aromatic carbocycles. The second-order valence-corrected chi connectivity index (χ2v) is 6.63. The van der Waals surface area contributed by atoms with E-state index in [-0.39, 0.29) is 11.9 Å². The monoisotopic (exact) mass is 328 g/mol. The smallest absolute Gasteiger partial charge is 0.305 e. The summed E-state index contributed by atoms with van der Waals surface area (Å²) in [5.74, 6) is -0.113. The highest BCUT2D eigenvalue weighted by Gasteiger charge is 2.54. The van der Waals surface area contributed by atoms with Gasteiger partial charge in [0, 0.05) is 9.35 Å². The van der Waals surface area contributed by atoms with E-state index in [1.165, 1.54) is 0 Å². The van der Waals surface area contributed by atoms with Crippen LogP contribution < -0.4 is 5.32 Å². The lowest BCUT2D eigenvalue weighted by Crippen LogP contribution is -2.46. The minimum atomic E-state index is -0.583. The normalized spacial score (nSPS) is 21.9. The van der Waals surface area contributed by atoms with Gasteiger partial charge in [0.25, 0.3) is 5.91 Å². The number of urea groups is 1. The fraction of sp³-hybridized carbons (Fsp3) is 0.500. The van der Waals surface area contributed by atoms with Gasteiger partial charge in [0.2, 0.25) is 0 Å². The number of hydrogen-bond donors (Lipinski definition) is 1. The lowest BCUT2D eigenvalue weighted by Gasteiger charge is -2.31. The molecule has 2 fully saturated rings. The van der Waals surface area contributed by atoms with Gasteiger partial charge in [-0.25, -0.2) is 4.79 Å². The molecule has 1 aromatic rings. The Morgan fingerprint density at radius 1 is 1.39 bits per heavy atom. The SMILES string of the molecule is O=C1NC(=O)C2(CCCC2)N1Cc1sccc1Br. The minimum absolute atomic E-state index is 0.113. The Labute approximate surface area is 117 Å². The van der Waals surface area contributed by atoms with Crippen molar-refractivity contribution in [3.8, 4) is 0 Å². The van der Waals surface area contributed by atoms with Crippen LogP contribution in [0.5, 0.6) is 0 Å². The summed E-state index contributed by atoms with van der Waals surface area (Å²) in [7, 11) is 0. The van der Waals surface area contributed by atoms with Crippen LogP contribution in [0.4, 0.5) is 4.79 Å². The van der Waals surface area contributed by atoms with E-state index in [0.717, 1.165) is 35.0 Å². The maximum atomic E-state index is 12.1. The van der Waals surface area contributed by atoms with E-state index in [1.807, 2.05) is 11.4 Å². The van der Waals surface area contributed by atoms with Crippen LogP contribution in [0.3, 0.4) is 0 Å². The highest BCUT2D eigenvalue weighted by molar-refractivity contribution is 9.10. The summed E-state index contributed by atoms with van der Waals surface area (Å²) >= 11 is 5.07. The summed E-state index contributed by atoms with van der Waals surface area (Å²) in [6.07, 6.45) is 3.60. The number of amides is 3. The average molecular weight is 329 g/mol. The van der Waals surface area contributed by atoms with Crippen molar-refractivity contribution in [2.24, 2.45) is 0 Å². The van der Waals surface area contributed by atoms with Crippen LogP contribution in [0, 0.1) is 0 Å².